The average molecular weight is 395 g/mol. The van der Waals surface area contributed by atoms with Gasteiger partial charge in [0.15, 0.2) is 0 Å². The molecule has 0 amide bonds. The molecule has 29 heavy (non-hydrogen) atoms. The van der Waals surface area contributed by atoms with Gasteiger partial charge in [-0.05, 0) is 56.9 Å². The first-order chi connectivity index (χ1) is 13.8. The molecule has 0 aromatic heterocycles. The van der Waals surface area contributed by atoms with Crippen LogP contribution in [0.4, 0.5) is 0 Å². The minimum Gasteiger partial charge on any atom is -0.487 e. The van der Waals surface area contributed by atoms with Gasteiger partial charge in [0.1, 0.15) is 11.4 Å². The Morgan fingerprint density at radius 2 is 1.90 bits per heavy atom. The highest BCUT2D eigenvalue weighted by molar-refractivity contribution is 5.88. The van der Waals surface area contributed by atoms with Crippen molar-refractivity contribution < 1.29 is 19.4 Å². The van der Waals surface area contributed by atoms with E-state index in [1.54, 1.807) is 12.1 Å². The van der Waals surface area contributed by atoms with Crippen LogP contribution < -0.4 is 4.74 Å². The smallest absolute Gasteiger partial charge is 0.335 e. The molecule has 2 aliphatic rings. The molecular weight excluding hydrogens is 364 g/mol. The molecule has 0 saturated carbocycles. The Bertz CT molecular complexity index is 900. The lowest BCUT2D eigenvalue weighted by atomic mass is 9.70. The molecular formula is C25H30O4. The summed E-state index contributed by atoms with van der Waals surface area (Å²) in [7, 11) is 0. The Labute approximate surface area is 172 Å². The van der Waals surface area contributed by atoms with Gasteiger partial charge in [0.05, 0.1) is 17.8 Å². The summed E-state index contributed by atoms with van der Waals surface area (Å²) in [6, 6.07) is 14.1. The van der Waals surface area contributed by atoms with Gasteiger partial charge in [-0.3, -0.25) is 0 Å². The summed E-state index contributed by atoms with van der Waals surface area (Å²) < 4.78 is 12.9. The van der Waals surface area contributed by atoms with Crippen LogP contribution in [0.15, 0.2) is 42.5 Å². The molecule has 0 spiro atoms. The van der Waals surface area contributed by atoms with Crippen molar-refractivity contribution in [3.05, 3.63) is 64.7 Å². The molecule has 1 fully saturated rings. The van der Waals surface area contributed by atoms with Gasteiger partial charge in [0.2, 0.25) is 0 Å². The van der Waals surface area contributed by atoms with E-state index in [-0.39, 0.29) is 23.7 Å². The van der Waals surface area contributed by atoms with Crippen molar-refractivity contribution in [2.24, 2.45) is 5.92 Å². The Hall–Kier alpha value is -2.33. The lowest BCUT2D eigenvalue weighted by molar-refractivity contribution is -0.153. The molecule has 2 aliphatic heterocycles. The largest absolute Gasteiger partial charge is 0.487 e. The summed E-state index contributed by atoms with van der Waals surface area (Å²) in [4.78, 5) is 11.4. The minimum atomic E-state index is -0.944. The highest BCUT2D eigenvalue weighted by atomic mass is 16.5. The second-order valence-electron chi connectivity index (χ2n) is 8.97. The number of aromatic carboxylic acids is 1. The van der Waals surface area contributed by atoms with Crippen molar-refractivity contribution in [1.29, 1.82) is 0 Å². The summed E-state index contributed by atoms with van der Waals surface area (Å²) in [5, 5.41) is 9.32. The van der Waals surface area contributed by atoms with Crippen molar-refractivity contribution >= 4 is 5.97 Å². The van der Waals surface area contributed by atoms with E-state index in [0.29, 0.717) is 11.7 Å². The molecule has 154 valence electrons. The van der Waals surface area contributed by atoms with E-state index in [1.165, 1.54) is 11.1 Å². The predicted molar refractivity (Wildman–Crippen MR) is 113 cm³/mol. The van der Waals surface area contributed by atoms with Gasteiger partial charge in [0, 0.05) is 17.4 Å². The van der Waals surface area contributed by atoms with E-state index >= 15 is 0 Å². The highest BCUT2D eigenvalue weighted by Gasteiger charge is 2.49. The third-order valence-electron chi connectivity index (χ3n) is 6.58. The molecule has 0 unspecified atom stereocenters. The number of fused-ring (bicyclic) bond motifs is 3. The number of carboxylic acids is 1. The van der Waals surface area contributed by atoms with Gasteiger partial charge >= 0.3 is 5.97 Å². The van der Waals surface area contributed by atoms with Crippen LogP contribution in [0.1, 0.15) is 79.6 Å². The number of carbonyl (C=O) groups is 1. The molecule has 2 aromatic rings. The van der Waals surface area contributed by atoms with Crippen molar-refractivity contribution in [2.75, 3.05) is 0 Å². The Morgan fingerprint density at radius 3 is 2.55 bits per heavy atom. The first-order valence-corrected chi connectivity index (χ1v) is 10.6. The van der Waals surface area contributed by atoms with Gasteiger partial charge < -0.3 is 14.6 Å². The quantitative estimate of drug-likeness (QED) is 0.716. The third kappa shape index (κ3) is 3.66. The molecule has 4 heteroatoms. The SMILES string of the molecule is CCCc1ccc([C@H]2C[C@H]3[C@H](O[C@H]2C)c2ccc(C(=O)O)cc2OC3(C)C)cc1. The molecule has 0 bridgehead atoms. The monoisotopic (exact) mass is 394 g/mol. The summed E-state index contributed by atoms with van der Waals surface area (Å²) in [5.74, 6) is 0.198. The molecule has 0 radical (unpaired) electrons. The van der Waals surface area contributed by atoms with Crippen LogP contribution in [0.5, 0.6) is 5.75 Å². The van der Waals surface area contributed by atoms with Crippen LogP contribution in [-0.2, 0) is 11.2 Å². The van der Waals surface area contributed by atoms with Crippen LogP contribution in [0, 0.1) is 5.92 Å². The number of rotatable bonds is 4. The van der Waals surface area contributed by atoms with Crippen LogP contribution in [-0.4, -0.2) is 22.8 Å². The fourth-order valence-electron chi connectivity index (χ4n) is 4.93. The Morgan fingerprint density at radius 1 is 1.17 bits per heavy atom. The zero-order valence-electron chi connectivity index (χ0n) is 17.6. The second kappa shape index (κ2) is 7.49. The summed E-state index contributed by atoms with van der Waals surface area (Å²) in [5.41, 5.74) is 3.46. The van der Waals surface area contributed by atoms with Crippen molar-refractivity contribution in [2.45, 2.75) is 70.7 Å². The topological polar surface area (TPSA) is 55.8 Å². The molecule has 4 atom stereocenters. The van der Waals surface area contributed by atoms with E-state index in [9.17, 15) is 9.90 Å². The number of aryl methyl sites for hydroxylation is 1. The number of hydrogen-bond acceptors (Lipinski definition) is 3. The normalized spacial score (nSPS) is 27.4. The first kappa shape index (κ1) is 20.0. The molecule has 1 N–H and O–H groups in total. The highest BCUT2D eigenvalue weighted by Crippen LogP contribution is 2.53. The van der Waals surface area contributed by atoms with Gasteiger partial charge in [-0.1, -0.05) is 43.7 Å². The first-order valence-electron chi connectivity index (χ1n) is 10.6. The molecule has 2 aromatic carbocycles. The average Bonchev–Trinajstić information content (AvgIpc) is 2.68. The predicted octanol–water partition coefficient (Wildman–Crippen LogP) is 5.76. The van der Waals surface area contributed by atoms with E-state index in [0.717, 1.165) is 24.8 Å². The van der Waals surface area contributed by atoms with Gasteiger partial charge in [-0.15, -0.1) is 0 Å². The van der Waals surface area contributed by atoms with E-state index < -0.39 is 11.6 Å². The third-order valence-corrected chi connectivity index (χ3v) is 6.58. The fourth-order valence-corrected chi connectivity index (χ4v) is 4.93. The molecule has 1 saturated heterocycles. The standard InChI is InChI=1S/C25H30O4/c1-5-6-16-7-9-17(10-8-16)20-14-21-23(28-15(20)2)19-12-11-18(24(26)27)13-22(19)29-25(21,3)4/h7-13,15,20-21,23H,5-6,14H2,1-4H3,(H,26,27)/t15-,20-,21-,23+/m0/s1. The lowest BCUT2D eigenvalue weighted by Gasteiger charge is -2.50. The summed E-state index contributed by atoms with van der Waals surface area (Å²) in [6.07, 6.45) is 3.24. The van der Waals surface area contributed by atoms with Gasteiger partial charge in [-0.25, -0.2) is 4.79 Å². The van der Waals surface area contributed by atoms with E-state index in [4.69, 9.17) is 9.47 Å². The zero-order valence-corrected chi connectivity index (χ0v) is 17.6. The summed E-state index contributed by atoms with van der Waals surface area (Å²) in [6.45, 7) is 8.52. The zero-order chi connectivity index (χ0) is 20.8. The Balaban J connectivity index is 1.64. The maximum atomic E-state index is 11.4. The second-order valence-corrected chi connectivity index (χ2v) is 8.97. The van der Waals surface area contributed by atoms with Gasteiger partial charge in [0.25, 0.3) is 0 Å². The molecule has 4 rings (SSSR count). The van der Waals surface area contributed by atoms with Crippen LogP contribution in [0.25, 0.3) is 0 Å². The number of ether oxygens (including phenoxy) is 2. The molecule has 0 aliphatic carbocycles. The summed E-state index contributed by atoms with van der Waals surface area (Å²) >= 11 is 0. The maximum Gasteiger partial charge on any atom is 0.335 e. The van der Waals surface area contributed by atoms with E-state index in [2.05, 4.69) is 52.0 Å². The lowest BCUT2D eigenvalue weighted by Crippen LogP contribution is -2.50. The van der Waals surface area contributed by atoms with Crippen molar-refractivity contribution in [1.82, 2.24) is 0 Å². The number of benzene rings is 2. The van der Waals surface area contributed by atoms with Crippen LogP contribution in [0.2, 0.25) is 0 Å². The van der Waals surface area contributed by atoms with Gasteiger partial charge in [-0.2, -0.15) is 0 Å². The van der Waals surface area contributed by atoms with Crippen LogP contribution >= 0.6 is 0 Å². The van der Waals surface area contributed by atoms with Crippen molar-refractivity contribution in [3.8, 4) is 5.75 Å². The molecule has 2 heterocycles. The maximum absolute atomic E-state index is 11.4. The van der Waals surface area contributed by atoms with E-state index in [1.807, 2.05) is 6.07 Å². The van der Waals surface area contributed by atoms with Crippen LogP contribution in [0.3, 0.4) is 0 Å². The van der Waals surface area contributed by atoms with Crippen molar-refractivity contribution in [3.63, 3.8) is 0 Å². The molecule has 4 nitrogen and oxygen atoms in total. The Kier molecular flexibility index (Phi) is 5.16. The fraction of sp³-hybridized carbons (Fsp3) is 0.480. The minimum absolute atomic E-state index is 0.0779. The number of hydrogen-bond donors (Lipinski definition) is 1. The number of carboxylic acid groups (broad SMARTS) is 1.